The van der Waals surface area contributed by atoms with Gasteiger partial charge in [-0.25, -0.2) is 13.1 Å². The molecule has 1 fully saturated rings. The molecule has 6 nitrogen and oxygen atoms in total. The van der Waals surface area contributed by atoms with Gasteiger partial charge in [0, 0.05) is 25.4 Å². The van der Waals surface area contributed by atoms with Crippen LogP contribution in [0.15, 0.2) is 23.1 Å². The Bertz CT molecular complexity index is 537. The first-order chi connectivity index (χ1) is 9.04. The van der Waals surface area contributed by atoms with Crippen LogP contribution in [-0.4, -0.2) is 41.8 Å². The van der Waals surface area contributed by atoms with Gasteiger partial charge in [-0.2, -0.15) is 0 Å². The van der Waals surface area contributed by atoms with Crippen LogP contribution >= 0.6 is 0 Å². The molecule has 19 heavy (non-hydrogen) atoms. The molecule has 1 heterocycles. The Hall–Kier alpha value is -1.31. The van der Waals surface area contributed by atoms with Crippen LogP contribution in [0.4, 0.5) is 11.4 Å². The van der Waals surface area contributed by atoms with Crippen LogP contribution < -0.4 is 15.4 Å². The minimum atomic E-state index is -3.50. The molecule has 2 rings (SSSR count). The van der Waals surface area contributed by atoms with Gasteiger partial charge in [0.1, 0.15) is 4.90 Å². The van der Waals surface area contributed by atoms with Gasteiger partial charge in [-0.15, -0.1) is 0 Å². The lowest BCUT2D eigenvalue weighted by Crippen LogP contribution is -2.26. The average molecular weight is 285 g/mol. The number of anilines is 2. The quantitative estimate of drug-likeness (QED) is 0.786. The Balaban J connectivity index is 2.28. The fourth-order valence-electron chi connectivity index (χ4n) is 2.09. The van der Waals surface area contributed by atoms with Crippen LogP contribution in [-0.2, 0) is 14.8 Å². The molecule has 3 N–H and O–H groups in total. The summed E-state index contributed by atoms with van der Waals surface area (Å²) in [6.45, 7) is 3.11. The largest absolute Gasteiger partial charge is 0.398 e. The molecule has 106 valence electrons. The monoisotopic (exact) mass is 285 g/mol. The van der Waals surface area contributed by atoms with Gasteiger partial charge in [-0.05, 0) is 31.7 Å². The predicted molar refractivity (Wildman–Crippen MR) is 74.7 cm³/mol. The topological polar surface area (TPSA) is 84.7 Å². The first-order valence-corrected chi connectivity index (χ1v) is 7.68. The van der Waals surface area contributed by atoms with E-state index in [1.807, 2.05) is 0 Å². The lowest BCUT2D eigenvalue weighted by atomic mass is 10.2. The Morgan fingerprint density at radius 3 is 2.79 bits per heavy atom. The molecule has 0 bridgehead atoms. The lowest BCUT2D eigenvalue weighted by Gasteiger charge is -2.22. The van der Waals surface area contributed by atoms with E-state index in [1.54, 1.807) is 18.2 Å². The maximum Gasteiger partial charge on any atom is 0.242 e. The summed E-state index contributed by atoms with van der Waals surface area (Å²) in [5, 5.41) is 0. The second-order valence-electron chi connectivity index (χ2n) is 4.38. The fraction of sp³-hybridized carbons (Fsp3) is 0.500. The van der Waals surface area contributed by atoms with E-state index < -0.39 is 10.0 Å². The van der Waals surface area contributed by atoms with E-state index in [0.717, 1.165) is 31.8 Å². The van der Waals surface area contributed by atoms with Crippen LogP contribution in [0.2, 0.25) is 0 Å². The molecule has 0 aliphatic carbocycles. The van der Waals surface area contributed by atoms with Gasteiger partial charge < -0.3 is 15.4 Å². The summed E-state index contributed by atoms with van der Waals surface area (Å²) < 4.78 is 31.1. The van der Waals surface area contributed by atoms with Crippen molar-refractivity contribution in [2.24, 2.45) is 0 Å². The molecule has 1 aromatic rings. The molecule has 0 unspecified atom stereocenters. The Labute approximate surface area is 113 Å². The molecule has 0 amide bonds. The van der Waals surface area contributed by atoms with E-state index in [0.29, 0.717) is 6.61 Å². The maximum atomic E-state index is 11.7. The van der Waals surface area contributed by atoms with Crippen molar-refractivity contribution in [1.29, 1.82) is 0 Å². The molecule has 1 aliphatic heterocycles. The molecule has 0 atom stereocenters. The standard InChI is InChI=1S/C12H19N3O3S/c1-14-19(16,17)12-4-3-10(9-11(12)13)15-5-2-7-18-8-6-15/h3-4,9,14H,2,5-8,13H2,1H3. The molecule has 0 aromatic heterocycles. The molecule has 1 aliphatic rings. The number of hydrogen-bond donors (Lipinski definition) is 2. The summed E-state index contributed by atoms with van der Waals surface area (Å²) in [5.41, 5.74) is 7.04. The smallest absolute Gasteiger partial charge is 0.242 e. The molecule has 0 saturated carbocycles. The lowest BCUT2D eigenvalue weighted by molar-refractivity contribution is 0.152. The van der Waals surface area contributed by atoms with Gasteiger partial charge in [-0.3, -0.25) is 0 Å². The summed E-state index contributed by atoms with van der Waals surface area (Å²) in [6, 6.07) is 5.03. The highest BCUT2D eigenvalue weighted by molar-refractivity contribution is 7.89. The molecule has 0 spiro atoms. The van der Waals surface area contributed by atoms with E-state index in [2.05, 4.69) is 9.62 Å². The average Bonchev–Trinajstić information content (AvgIpc) is 2.67. The van der Waals surface area contributed by atoms with Gasteiger partial charge in [0.2, 0.25) is 10.0 Å². The number of nitrogens with two attached hydrogens (primary N) is 1. The zero-order valence-electron chi connectivity index (χ0n) is 10.9. The van der Waals surface area contributed by atoms with Crippen molar-refractivity contribution in [3.05, 3.63) is 18.2 Å². The van der Waals surface area contributed by atoms with E-state index in [1.165, 1.54) is 7.05 Å². The van der Waals surface area contributed by atoms with Crippen molar-refractivity contribution in [3.63, 3.8) is 0 Å². The summed E-state index contributed by atoms with van der Waals surface area (Å²) >= 11 is 0. The summed E-state index contributed by atoms with van der Waals surface area (Å²) in [4.78, 5) is 2.27. The van der Waals surface area contributed by atoms with Crippen molar-refractivity contribution < 1.29 is 13.2 Å². The number of nitrogens with zero attached hydrogens (tertiary/aromatic N) is 1. The molecule has 1 saturated heterocycles. The van der Waals surface area contributed by atoms with Crippen LogP contribution in [0.25, 0.3) is 0 Å². The van der Waals surface area contributed by atoms with Crippen LogP contribution in [0.5, 0.6) is 0 Å². The SMILES string of the molecule is CNS(=O)(=O)c1ccc(N2CCCOCC2)cc1N. The molecular formula is C12H19N3O3S. The highest BCUT2D eigenvalue weighted by Gasteiger charge is 2.17. The van der Waals surface area contributed by atoms with Crippen molar-refractivity contribution in [3.8, 4) is 0 Å². The fourth-order valence-corrected chi connectivity index (χ4v) is 2.93. The number of hydrogen-bond acceptors (Lipinski definition) is 5. The Kier molecular flexibility index (Phi) is 4.28. The van der Waals surface area contributed by atoms with Crippen molar-refractivity contribution in [2.75, 3.05) is 44.0 Å². The summed E-state index contributed by atoms with van der Waals surface area (Å²) in [7, 11) is -2.13. The molecular weight excluding hydrogens is 266 g/mol. The number of rotatable bonds is 3. The van der Waals surface area contributed by atoms with Crippen LogP contribution in [0.1, 0.15) is 6.42 Å². The van der Waals surface area contributed by atoms with Crippen molar-refractivity contribution in [2.45, 2.75) is 11.3 Å². The number of nitrogens with one attached hydrogen (secondary N) is 1. The maximum absolute atomic E-state index is 11.7. The number of sulfonamides is 1. The Morgan fingerprint density at radius 2 is 2.11 bits per heavy atom. The van der Waals surface area contributed by atoms with Gasteiger partial charge >= 0.3 is 0 Å². The molecule has 7 heteroatoms. The highest BCUT2D eigenvalue weighted by Crippen LogP contribution is 2.25. The van der Waals surface area contributed by atoms with Crippen molar-refractivity contribution in [1.82, 2.24) is 4.72 Å². The minimum Gasteiger partial charge on any atom is -0.398 e. The highest BCUT2D eigenvalue weighted by atomic mass is 32.2. The van der Waals surface area contributed by atoms with Crippen LogP contribution in [0, 0.1) is 0 Å². The number of benzene rings is 1. The first kappa shape index (κ1) is 14.1. The zero-order valence-corrected chi connectivity index (χ0v) is 11.7. The van der Waals surface area contributed by atoms with Crippen molar-refractivity contribution >= 4 is 21.4 Å². The second-order valence-corrected chi connectivity index (χ2v) is 6.24. The van der Waals surface area contributed by atoms with E-state index >= 15 is 0 Å². The third-order valence-corrected chi connectivity index (χ3v) is 4.63. The van der Waals surface area contributed by atoms with E-state index in [-0.39, 0.29) is 10.6 Å². The molecule has 1 aromatic carbocycles. The predicted octanol–water partition coefficient (Wildman–Crippen LogP) is 0.404. The van der Waals surface area contributed by atoms with Crippen LogP contribution in [0.3, 0.4) is 0 Å². The minimum absolute atomic E-state index is 0.116. The van der Waals surface area contributed by atoms with Gasteiger partial charge in [-0.1, -0.05) is 0 Å². The second kappa shape index (κ2) is 5.77. The first-order valence-electron chi connectivity index (χ1n) is 6.20. The molecule has 0 radical (unpaired) electrons. The summed E-state index contributed by atoms with van der Waals surface area (Å²) in [6.07, 6.45) is 0.955. The van der Waals surface area contributed by atoms with Gasteiger partial charge in [0.15, 0.2) is 0 Å². The summed E-state index contributed by atoms with van der Waals surface area (Å²) in [5.74, 6) is 0. The Morgan fingerprint density at radius 1 is 1.32 bits per heavy atom. The number of ether oxygens (including phenoxy) is 1. The normalized spacial score (nSPS) is 17.2. The zero-order chi connectivity index (χ0) is 13.9. The number of nitrogen functional groups attached to an aromatic ring is 1. The third kappa shape index (κ3) is 3.17. The van der Waals surface area contributed by atoms with E-state index in [9.17, 15) is 8.42 Å². The van der Waals surface area contributed by atoms with Gasteiger partial charge in [0.05, 0.1) is 12.3 Å². The third-order valence-electron chi connectivity index (χ3n) is 3.14. The van der Waals surface area contributed by atoms with E-state index in [4.69, 9.17) is 10.5 Å². The van der Waals surface area contributed by atoms with Gasteiger partial charge in [0.25, 0.3) is 0 Å².